The summed E-state index contributed by atoms with van der Waals surface area (Å²) in [7, 11) is 0. The van der Waals surface area contributed by atoms with Gasteiger partial charge in [0.25, 0.3) is 11.6 Å². The number of carbonyl (C=O) groups is 1. The summed E-state index contributed by atoms with van der Waals surface area (Å²) >= 11 is 0. The molecule has 0 saturated carbocycles. The fourth-order valence-electron chi connectivity index (χ4n) is 2.28. The van der Waals surface area contributed by atoms with Crippen molar-refractivity contribution in [3.8, 4) is 11.3 Å². The third-order valence-electron chi connectivity index (χ3n) is 3.55. The molecule has 2 aromatic carbocycles. The Morgan fingerprint density at radius 1 is 1.04 bits per heavy atom. The normalized spacial score (nSPS) is 10.3. The molecule has 0 unspecified atom stereocenters. The molecule has 124 valence electrons. The summed E-state index contributed by atoms with van der Waals surface area (Å²) in [5.41, 5.74) is 2.64. The van der Waals surface area contributed by atoms with Gasteiger partial charge in [-0.3, -0.25) is 14.9 Å². The van der Waals surface area contributed by atoms with E-state index in [2.05, 4.69) is 15.3 Å². The van der Waals surface area contributed by atoms with Crippen molar-refractivity contribution in [1.82, 2.24) is 9.97 Å². The van der Waals surface area contributed by atoms with Gasteiger partial charge in [-0.15, -0.1) is 0 Å². The number of carbonyl (C=O) groups excluding carboxylic acids is 1. The molecule has 1 heterocycles. The molecule has 0 aliphatic heterocycles. The number of aromatic nitrogens is 2. The molecule has 25 heavy (non-hydrogen) atoms. The van der Waals surface area contributed by atoms with Crippen LogP contribution in [0.5, 0.6) is 0 Å². The summed E-state index contributed by atoms with van der Waals surface area (Å²) in [5, 5.41) is 13.4. The molecule has 3 rings (SSSR count). The number of anilines is 1. The van der Waals surface area contributed by atoms with Crippen LogP contribution in [0.15, 0.2) is 60.8 Å². The van der Waals surface area contributed by atoms with E-state index in [1.165, 1.54) is 24.3 Å². The summed E-state index contributed by atoms with van der Waals surface area (Å²) in [5.74, 6) is 0.355. The van der Waals surface area contributed by atoms with Gasteiger partial charge in [-0.25, -0.2) is 9.97 Å². The second-order valence-electron chi connectivity index (χ2n) is 5.32. The maximum absolute atomic E-state index is 12.2. The third kappa shape index (κ3) is 3.84. The molecule has 0 spiro atoms. The van der Waals surface area contributed by atoms with E-state index >= 15 is 0 Å². The van der Waals surface area contributed by atoms with Gasteiger partial charge in [0.1, 0.15) is 5.82 Å². The smallest absolute Gasteiger partial charge is 0.269 e. The van der Waals surface area contributed by atoms with E-state index in [9.17, 15) is 14.9 Å². The fraction of sp³-hybridized carbons (Fsp3) is 0.0556. The standard InChI is InChI=1S/C18H14N4O3/c1-12-19-11-10-17(20-12)13-2-6-15(7-3-13)21-18(23)14-4-8-16(9-5-14)22(24)25/h2-11H,1H3,(H,21,23). The lowest BCUT2D eigenvalue weighted by atomic mass is 10.1. The summed E-state index contributed by atoms with van der Waals surface area (Å²) < 4.78 is 0. The zero-order valence-corrected chi connectivity index (χ0v) is 13.3. The van der Waals surface area contributed by atoms with Crippen molar-refractivity contribution in [1.29, 1.82) is 0 Å². The SMILES string of the molecule is Cc1nccc(-c2ccc(NC(=O)c3ccc([N+](=O)[O-])cc3)cc2)n1. The first-order chi connectivity index (χ1) is 12.0. The van der Waals surface area contributed by atoms with Crippen LogP contribution in [-0.2, 0) is 0 Å². The van der Waals surface area contributed by atoms with Crippen LogP contribution >= 0.6 is 0 Å². The largest absolute Gasteiger partial charge is 0.322 e. The van der Waals surface area contributed by atoms with E-state index in [1.54, 1.807) is 18.3 Å². The second-order valence-corrected chi connectivity index (χ2v) is 5.32. The molecule has 0 aliphatic rings. The molecule has 0 fully saturated rings. The monoisotopic (exact) mass is 334 g/mol. The lowest BCUT2D eigenvalue weighted by Gasteiger charge is -2.07. The van der Waals surface area contributed by atoms with E-state index in [1.807, 2.05) is 25.1 Å². The quantitative estimate of drug-likeness (QED) is 0.580. The number of nitro benzene ring substituents is 1. The molecule has 1 aromatic heterocycles. The van der Waals surface area contributed by atoms with E-state index in [0.717, 1.165) is 11.3 Å². The van der Waals surface area contributed by atoms with Crippen LogP contribution in [0, 0.1) is 17.0 Å². The fourth-order valence-corrected chi connectivity index (χ4v) is 2.28. The van der Waals surface area contributed by atoms with Gasteiger partial charge in [0.05, 0.1) is 10.6 Å². The average Bonchev–Trinajstić information content (AvgIpc) is 2.62. The molecule has 7 nitrogen and oxygen atoms in total. The summed E-state index contributed by atoms with van der Waals surface area (Å²) in [4.78, 5) is 30.7. The zero-order chi connectivity index (χ0) is 17.8. The topological polar surface area (TPSA) is 98.0 Å². The molecule has 0 bridgehead atoms. The van der Waals surface area contributed by atoms with Crippen LogP contribution in [0.4, 0.5) is 11.4 Å². The number of hydrogen-bond donors (Lipinski definition) is 1. The lowest BCUT2D eigenvalue weighted by Crippen LogP contribution is -2.11. The van der Waals surface area contributed by atoms with E-state index in [4.69, 9.17) is 0 Å². The number of non-ortho nitro benzene ring substituents is 1. The van der Waals surface area contributed by atoms with Gasteiger partial charge in [-0.2, -0.15) is 0 Å². The van der Waals surface area contributed by atoms with Crippen molar-refractivity contribution < 1.29 is 9.72 Å². The number of hydrogen-bond acceptors (Lipinski definition) is 5. The Morgan fingerprint density at radius 2 is 1.72 bits per heavy atom. The molecule has 1 amide bonds. The predicted molar refractivity (Wildman–Crippen MR) is 93.3 cm³/mol. The number of nitrogens with zero attached hydrogens (tertiary/aromatic N) is 3. The Bertz CT molecular complexity index is 922. The highest BCUT2D eigenvalue weighted by molar-refractivity contribution is 6.04. The highest BCUT2D eigenvalue weighted by Crippen LogP contribution is 2.20. The Morgan fingerprint density at radius 3 is 2.32 bits per heavy atom. The van der Waals surface area contributed by atoms with E-state index in [-0.39, 0.29) is 11.6 Å². The molecule has 0 saturated heterocycles. The summed E-state index contributed by atoms with van der Waals surface area (Å²) in [6, 6.07) is 14.5. The Kier molecular flexibility index (Phi) is 4.47. The van der Waals surface area contributed by atoms with Crippen LogP contribution in [-0.4, -0.2) is 20.8 Å². The van der Waals surface area contributed by atoms with Gasteiger partial charge in [0.15, 0.2) is 0 Å². The first-order valence-electron chi connectivity index (χ1n) is 7.49. The highest BCUT2D eigenvalue weighted by atomic mass is 16.6. The molecule has 3 aromatic rings. The van der Waals surface area contributed by atoms with Gasteiger partial charge in [0, 0.05) is 35.1 Å². The summed E-state index contributed by atoms with van der Waals surface area (Å²) in [6.07, 6.45) is 1.70. The van der Waals surface area contributed by atoms with Crippen LogP contribution < -0.4 is 5.32 Å². The van der Waals surface area contributed by atoms with Crippen molar-refractivity contribution in [3.05, 3.63) is 82.3 Å². The van der Waals surface area contributed by atoms with Gasteiger partial charge >= 0.3 is 0 Å². The Hall–Kier alpha value is -3.61. The first-order valence-corrected chi connectivity index (χ1v) is 7.49. The van der Waals surface area contributed by atoms with Crippen LogP contribution in [0.3, 0.4) is 0 Å². The minimum atomic E-state index is -0.505. The molecule has 0 aliphatic carbocycles. The van der Waals surface area contributed by atoms with E-state index in [0.29, 0.717) is 17.1 Å². The molecule has 0 radical (unpaired) electrons. The minimum absolute atomic E-state index is 0.0546. The molecular weight excluding hydrogens is 320 g/mol. The molecule has 7 heteroatoms. The molecule has 0 atom stereocenters. The van der Waals surface area contributed by atoms with Crippen LogP contribution in [0.25, 0.3) is 11.3 Å². The predicted octanol–water partition coefficient (Wildman–Crippen LogP) is 3.61. The van der Waals surface area contributed by atoms with Gasteiger partial charge in [0.2, 0.25) is 0 Å². The Balaban J connectivity index is 1.72. The highest BCUT2D eigenvalue weighted by Gasteiger charge is 2.10. The van der Waals surface area contributed by atoms with Crippen molar-refractivity contribution >= 4 is 17.3 Å². The molecule has 1 N–H and O–H groups in total. The number of amides is 1. The number of nitro groups is 1. The van der Waals surface area contributed by atoms with Gasteiger partial charge in [-0.1, -0.05) is 12.1 Å². The van der Waals surface area contributed by atoms with Crippen LogP contribution in [0.1, 0.15) is 16.2 Å². The zero-order valence-electron chi connectivity index (χ0n) is 13.3. The maximum atomic E-state index is 12.2. The number of aryl methyl sites for hydroxylation is 1. The third-order valence-corrected chi connectivity index (χ3v) is 3.55. The second kappa shape index (κ2) is 6.88. The minimum Gasteiger partial charge on any atom is -0.322 e. The summed E-state index contributed by atoms with van der Waals surface area (Å²) in [6.45, 7) is 1.82. The van der Waals surface area contributed by atoms with Crippen molar-refractivity contribution in [3.63, 3.8) is 0 Å². The first kappa shape index (κ1) is 16.3. The van der Waals surface area contributed by atoms with Crippen molar-refractivity contribution in [2.24, 2.45) is 0 Å². The average molecular weight is 334 g/mol. The van der Waals surface area contributed by atoms with Crippen molar-refractivity contribution in [2.45, 2.75) is 6.92 Å². The molecular formula is C18H14N4O3. The van der Waals surface area contributed by atoms with Gasteiger partial charge in [-0.05, 0) is 37.3 Å². The number of rotatable bonds is 4. The van der Waals surface area contributed by atoms with Crippen LogP contribution in [0.2, 0.25) is 0 Å². The number of benzene rings is 2. The number of nitrogens with one attached hydrogen (secondary N) is 1. The maximum Gasteiger partial charge on any atom is 0.269 e. The Labute approximate surface area is 143 Å². The van der Waals surface area contributed by atoms with Gasteiger partial charge < -0.3 is 5.32 Å². The van der Waals surface area contributed by atoms with E-state index < -0.39 is 4.92 Å². The lowest BCUT2D eigenvalue weighted by molar-refractivity contribution is -0.384. The van der Waals surface area contributed by atoms with Crippen molar-refractivity contribution in [2.75, 3.05) is 5.32 Å².